The molecule has 0 amide bonds. The van der Waals surface area contributed by atoms with Crippen LogP contribution < -0.4 is 20.7 Å². The number of hydrogen-bond donors (Lipinski definition) is 2. The summed E-state index contributed by atoms with van der Waals surface area (Å²) in [6.07, 6.45) is -5.21. The second-order valence-electron chi connectivity index (χ2n) is 13.6. The highest BCUT2D eigenvalue weighted by atomic mass is 35.5. The molecule has 5 aliphatic rings. The summed E-state index contributed by atoms with van der Waals surface area (Å²) in [6.45, 7) is 2.43. The van der Waals surface area contributed by atoms with Gasteiger partial charge in [0.1, 0.15) is 29.9 Å². The van der Waals surface area contributed by atoms with Crippen molar-refractivity contribution in [3.05, 3.63) is 39.7 Å². The van der Waals surface area contributed by atoms with Crippen LogP contribution in [-0.4, -0.2) is 75.9 Å². The summed E-state index contributed by atoms with van der Waals surface area (Å²) in [4.78, 5) is 16.7. The number of piperazine rings is 1. The topological polar surface area (TPSA) is 92.4 Å². The lowest BCUT2D eigenvalue weighted by Crippen LogP contribution is -2.58. The highest BCUT2D eigenvalue weighted by Crippen LogP contribution is 2.52. The molecule has 16 heteroatoms. The van der Waals surface area contributed by atoms with E-state index >= 15 is 13.2 Å². The molecule has 0 spiro atoms. The first-order valence-electron chi connectivity index (χ1n) is 15.9. The number of nitrogens with zero attached hydrogens (tertiary/aromatic N) is 5. The monoisotopic (exact) mass is 697 g/mol. The number of nitrogens with two attached hydrogens (primary N) is 1. The number of ether oxygens (including phenoxy) is 1. The SMILES string of the molecule is Cc1cc(N)nc(-c2c(Cl)c3c4c(nc(OCC56CCCN5C[C@H](F)C6)nc4c2F)N2C[C@H]4CC[C@H](N4)[C@H]2CC3=C(F)F)c1C(F)(F)F. The number of nitrogen functional groups attached to an aromatic ring is 1. The fraction of sp³-hybridized carbons (Fsp3) is 0.531. The van der Waals surface area contributed by atoms with Crippen LogP contribution in [0.15, 0.2) is 12.1 Å². The molecular weight excluding hydrogens is 667 g/mol. The average molecular weight is 698 g/mol. The Morgan fingerprint density at radius 1 is 1.17 bits per heavy atom. The highest BCUT2D eigenvalue weighted by Gasteiger charge is 2.50. The van der Waals surface area contributed by atoms with Crippen molar-refractivity contribution < 1.29 is 35.5 Å². The van der Waals surface area contributed by atoms with Gasteiger partial charge in [-0.05, 0) is 50.8 Å². The van der Waals surface area contributed by atoms with Gasteiger partial charge in [-0.3, -0.25) is 4.90 Å². The average Bonchev–Trinajstić information content (AvgIpc) is 3.63. The summed E-state index contributed by atoms with van der Waals surface area (Å²) in [5, 5.41) is 2.63. The Hall–Kier alpha value is -3.43. The van der Waals surface area contributed by atoms with Crippen LogP contribution in [0.5, 0.6) is 6.01 Å². The molecule has 3 N–H and O–H groups in total. The van der Waals surface area contributed by atoms with Crippen molar-refractivity contribution in [1.29, 1.82) is 0 Å². The molecule has 4 saturated heterocycles. The van der Waals surface area contributed by atoms with E-state index in [-0.39, 0.29) is 72.2 Å². The molecule has 2 bridgehead atoms. The Balaban J connectivity index is 1.40. The Bertz CT molecular complexity index is 1890. The van der Waals surface area contributed by atoms with Gasteiger partial charge < -0.3 is 20.7 Å². The van der Waals surface area contributed by atoms with E-state index in [1.807, 2.05) is 9.80 Å². The van der Waals surface area contributed by atoms with E-state index < -0.39 is 68.8 Å². The number of benzene rings is 1. The van der Waals surface area contributed by atoms with Crippen molar-refractivity contribution in [1.82, 2.24) is 25.2 Å². The number of halogens is 8. The molecule has 0 radical (unpaired) electrons. The smallest absolute Gasteiger partial charge is 0.418 e. The summed E-state index contributed by atoms with van der Waals surface area (Å²) in [6, 6.07) is -0.0885. The lowest BCUT2D eigenvalue weighted by molar-refractivity contribution is -0.137. The Kier molecular flexibility index (Phi) is 7.32. The number of nitrogens with one attached hydrogen (secondary N) is 1. The first-order chi connectivity index (χ1) is 22.8. The molecular formula is C32H31ClF7N7O. The fourth-order valence-corrected chi connectivity index (χ4v) is 9.16. The number of hydrogen-bond acceptors (Lipinski definition) is 8. The van der Waals surface area contributed by atoms with Crippen LogP contribution in [0.25, 0.3) is 27.7 Å². The van der Waals surface area contributed by atoms with Crippen molar-refractivity contribution in [2.24, 2.45) is 0 Å². The lowest BCUT2D eigenvalue weighted by atomic mass is 9.91. The maximum atomic E-state index is 17.0. The summed E-state index contributed by atoms with van der Waals surface area (Å²) in [5.41, 5.74) is 0.338. The van der Waals surface area contributed by atoms with Gasteiger partial charge >= 0.3 is 12.2 Å². The van der Waals surface area contributed by atoms with Crippen LogP contribution >= 0.6 is 11.6 Å². The number of aromatic nitrogens is 3. The Morgan fingerprint density at radius 3 is 2.71 bits per heavy atom. The predicted molar refractivity (Wildman–Crippen MR) is 165 cm³/mol. The number of aryl methyl sites for hydroxylation is 1. The van der Waals surface area contributed by atoms with Gasteiger partial charge in [0.25, 0.3) is 6.08 Å². The molecule has 256 valence electrons. The third kappa shape index (κ3) is 4.82. The van der Waals surface area contributed by atoms with E-state index in [1.54, 1.807) is 0 Å². The molecule has 7 heterocycles. The first-order valence-corrected chi connectivity index (χ1v) is 16.3. The van der Waals surface area contributed by atoms with Gasteiger partial charge in [0.15, 0.2) is 5.82 Å². The standard InChI is InChI=1S/C32H31ClF7N7O/c1-13-7-19(41)43-26(23(13)32(38,39)40)22-24(33)20-16(28(36)37)8-18-17-4-3-15(42-17)11-47(18)29-21(20)27(25(22)35)44-30(45-29)48-12-31-5-2-6-46(31)10-14(34)9-31/h7,14-15,17-18,42H,2-6,8-12H2,1H3,(H2,41,43)/t14-,15-,17+,18-,31?/m1/s1. The van der Waals surface area contributed by atoms with Gasteiger partial charge in [-0.15, -0.1) is 0 Å². The zero-order chi connectivity index (χ0) is 33.9. The van der Waals surface area contributed by atoms with Crippen LogP contribution in [0.2, 0.25) is 5.02 Å². The number of anilines is 2. The Morgan fingerprint density at radius 2 is 1.96 bits per heavy atom. The second-order valence-corrected chi connectivity index (χ2v) is 14.0. The molecule has 0 aliphatic carbocycles. The zero-order valence-electron chi connectivity index (χ0n) is 25.7. The third-order valence-corrected chi connectivity index (χ3v) is 11.1. The van der Waals surface area contributed by atoms with Gasteiger partial charge in [0.2, 0.25) is 0 Å². The minimum Gasteiger partial charge on any atom is -0.461 e. The van der Waals surface area contributed by atoms with Crippen LogP contribution in [0.1, 0.15) is 55.2 Å². The molecule has 0 saturated carbocycles. The van der Waals surface area contributed by atoms with Crippen molar-refractivity contribution in [2.45, 2.75) is 81.5 Å². The van der Waals surface area contributed by atoms with Crippen molar-refractivity contribution >= 4 is 39.7 Å². The van der Waals surface area contributed by atoms with Crippen molar-refractivity contribution in [3.63, 3.8) is 0 Å². The molecule has 1 unspecified atom stereocenters. The number of pyridine rings is 1. The molecule has 4 fully saturated rings. The predicted octanol–water partition coefficient (Wildman–Crippen LogP) is 6.67. The van der Waals surface area contributed by atoms with Crippen molar-refractivity contribution in [2.75, 3.05) is 36.9 Å². The quantitative estimate of drug-likeness (QED) is 0.292. The Labute approximate surface area is 275 Å². The van der Waals surface area contributed by atoms with Crippen LogP contribution in [0, 0.1) is 12.7 Å². The minimum absolute atomic E-state index is 0.00385. The van der Waals surface area contributed by atoms with Gasteiger partial charge in [-0.2, -0.15) is 31.9 Å². The zero-order valence-corrected chi connectivity index (χ0v) is 26.5. The summed E-state index contributed by atoms with van der Waals surface area (Å²) >= 11 is 6.79. The van der Waals surface area contributed by atoms with Crippen LogP contribution in [0.4, 0.5) is 42.4 Å². The van der Waals surface area contributed by atoms with Gasteiger partial charge in [-0.25, -0.2) is 13.8 Å². The molecule has 48 heavy (non-hydrogen) atoms. The summed E-state index contributed by atoms with van der Waals surface area (Å²) in [5.74, 6) is -1.56. The maximum absolute atomic E-state index is 17.0. The normalized spacial score (nSPS) is 28.2. The lowest BCUT2D eigenvalue weighted by Gasteiger charge is -2.41. The number of alkyl halides is 4. The minimum atomic E-state index is -5.03. The number of fused-ring (bicyclic) bond motifs is 6. The van der Waals surface area contributed by atoms with Crippen molar-refractivity contribution in [3.8, 4) is 17.3 Å². The van der Waals surface area contributed by atoms with Gasteiger partial charge in [-0.1, -0.05) is 11.6 Å². The van der Waals surface area contributed by atoms with Gasteiger partial charge in [0, 0.05) is 49.2 Å². The van der Waals surface area contributed by atoms with E-state index in [4.69, 9.17) is 22.1 Å². The molecule has 3 aromatic rings. The summed E-state index contributed by atoms with van der Waals surface area (Å²) in [7, 11) is 0. The highest BCUT2D eigenvalue weighted by molar-refractivity contribution is 6.37. The number of rotatable bonds is 4. The van der Waals surface area contributed by atoms with E-state index in [9.17, 15) is 17.6 Å². The molecule has 5 aliphatic heterocycles. The van der Waals surface area contributed by atoms with E-state index in [0.717, 1.165) is 25.8 Å². The molecule has 2 aromatic heterocycles. The first kappa shape index (κ1) is 31.8. The summed E-state index contributed by atoms with van der Waals surface area (Å²) < 4.78 is 111. The van der Waals surface area contributed by atoms with Crippen LogP contribution in [-0.2, 0) is 6.18 Å². The van der Waals surface area contributed by atoms with E-state index in [1.165, 1.54) is 0 Å². The molecule has 1 aromatic carbocycles. The molecule has 8 nitrogen and oxygen atoms in total. The molecule has 8 rings (SSSR count). The second kappa shape index (κ2) is 11.0. The van der Waals surface area contributed by atoms with E-state index in [2.05, 4.69) is 20.3 Å². The van der Waals surface area contributed by atoms with Gasteiger partial charge in [0.05, 0.1) is 38.8 Å². The maximum Gasteiger partial charge on any atom is 0.418 e. The fourth-order valence-electron chi connectivity index (χ4n) is 8.78. The largest absolute Gasteiger partial charge is 0.461 e. The third-order valence-electron chi connectivity index (χ3n) is 10.7. The van der Waals surface area contributed by atoms with Crippen LogP contribution in [0.3, 0.4) is 0 Å². The molecule has 5 atom stereocenters. The van der Waals surface area contributed by atoms with E-state index in [0.29, 0.717) is 25.9 Å².